The minimum Gasteiger partial charge on any atom is -0.465 e. The molecule has 0 bridgehead atoms. The zero-order valence-corrected chi connectivity index (χ0v) is 11.0. The van der Waals surface area contributed by atoms with Crippen LogP contribution in [0.5, 0.6) is 0 Å². The van der Waals surface area contributed by atoms with Crippen molar-refractivity contribution in [2.45, 2.75) is 32.7 Å². The van der Waals surface area contributed by atoms with Crippen LogP contribution in [0.15, 0.2) is 0 Å². The van der Waals surface area contributed by atoms with Crippen molar-refractivity contribution in [2.75, 3.05) is 26.2 Å². The van der Waals surface area contributed by atoms with Crippen LogP contribution in [0.4, 0.5) is 0 Å². The number of nitrogens with zero attached hydrogens (tertiary/aromatic N) is 1. The molecule has 0 saturated carbocycles. The van der Waals surface area contributed by atoms with Crippen LogP contribution in [-0.4, -0.2) is 43.2 Å². The molecule has 2 atom stereocenters. The van der Waals surface area contributed by atoms with E-state index in [4.69, 9.17) is 10.5 Å². The van der Waals surface area contributed by atoms with Crippen LogP contribution in [0.3, 0.4) is 0 Å². The molecule has 2 N–H and O–H groups in total. The summed E-state index contributed by atoms with van der Waals surface area (Å²) in [4.78, 5) is 13.7. The van der Waals surface area contributed by atoms with Gasteiger partial charge in [0.25, 0.3) is 0 Å². The van der Waals surface area contributed by atoms with Crippen LogP contribution >= 0.6 is 12.4 Å². The molecule has 16 heavy (non-hydrogen) atoms. The fraction of sp³-hybridized carbons (Fsp3) is 0.909. The lowest BCUT2D eigenvalue weighted by Crippen LogP contribution is -2.47. The molecule has 5 heteroatoms. The van der Waals surface area contributed by atoms with Gasteiger partial charge < -0.3 is 10.5 Å². The third kappa shape index (κ3) is 4.28. The number of nitrogens with two attached hydrogens (primary N) is 1. The summed E-state index contributed by atoms with van der Waals surface area (Å²) in [6, 6.07) is -0.126. The summed E-state index contributed by atoms with van der Waals surface area (Å²) < 4.78 is 5.01. The molecule has 0 radical (unpaired) electrons. The van der Waals surface area contributed by atoms with Crippen LogP contribution in [0.25, 0.3) is 0 Å². The van der Waals surface area contributed by atoms with Gasteiger partial charge in [-0.15, -0.1) is 12.4 Å². The first kappa shape index (κ1) is 15.7. The fourth-order valence-corrected chi connectivity index (χ4v) is 2.05. The van der Waals surface area contributed by atoms with Crippen LogP contribution in [0.2, 0.25) is 0 Å². The molecule has 0 spiro atoms. The van der Waals surface area contributed by atoms with Gasteiger partial charge in [0.1, 0.15) is 6.04 Å². The highest BCUT2D eigenvalue weighted by atomic mass is 35.5. The van der Waals surface area contributed by atoms with E-state index in [9.17, 15) is 4.79 Å². The number of likely N-dealkylation sites (tertiary alicyclic amines) is 1. The minimum atomic E-state index is -0.126. The van der Waals surface area contributed by atoms with Gasteiger partial charge in [0, 0.05) is 6.54 Å². The third-order valence-electron chi connectivity index (χ3n) is 3.06. The Bertz CT molecular complexity index is 214. The molecule has 1 saturated heterocycles. The Morgan fingerprint density at radius 1 is 1.62 bits per heavy atom. The summed E-state index contributed by atoms with van der Waals surface area (Å²) >= 11 is 0. The van der Waals surface area contributed by atoms with Gasteiger partial charge in [-0.2, -0.15) is 0 Å². The molecule has 1 aliphatic rings. The smallest absolute Gasteiger partial charge is 0.323 e. The van der Waals surface area contributed by atoms with Gasteiger partial charge in [0.05, 0.1) is 6.61 Å². The molecular weight excluding hydrogens is 228 g/mol. The third-order valence-corrected chi connectivity index (χ3v) is 3.06. The number of carbonyl (C=O) groups is 1. The van der Waals surface area contributed by atoms with Crippen molar-refractivity contribution < 1.29 is 9.53 Å². The maximum absolute atomic E-state index is 11.5. The highest BCUT2D eigenvalue weighted by Gasteiger charge is 2.27. The summed E-state index contributed by atoms with van der Waals surface area (Å²) in [6.07, 6.45) is 2.31. The molecule has 4 nitrogen and oxygen atoms in total. The normalized spacial score (nSPS) is 23.3. The number of piperidine rings is 1. The zero-order chi connectivity index (χ0) is 11.3. The largest absolute Gasteiger partial charge is 0.465 e. The average molecular weight is 251 g/mol. The van der Waals surface area contributed by atoms with Crippen molar-refractivity contribution in [3.63, 3.8) is 0 Å². The second-order valence-electron chi connectivity index (χ2n) is 4.17. The summed E-state index contributed by atoms with van der Waals surface area (Å²) in [5.74, 6) is 0.422. The lowest BCUT2D eigenvalue weighted by molar-refractivity contribution is -0.149. The molecule has 0 amide bonds. The van der Waals surface area contributed by atoms with Crippen LogP contribution in [-0.2, 0) is 9.53 Å². The van der Waals surface area contributed by atoms with Crippen molar-refractivity contribution in [2.24, 2.45) is 11.7 Å². The highest BCUT2D eigenvalue weighted by Crippen LogP contribution is 2.17. The van der Waals surface area contributed by atoms with Gasteiger partial charge in [-0.1, -0.05) is 0 Å². The van der Waals surface area contributed by atoms with Gasteiger partial charge in [0.2, 0.25) is 0 Å². The number of rotatable bonds is 4. The van der Waals surface area contributed by atoms with E-state index in [1.54, 1.807) is 0 Å². The van der Waals surface area contributed by atoms with E-state index in [-0.39, 0.29) is 24.4 Å². The van der Waals surface area contributed by atoms with Gasteiger partial charge in [-0.3, -0.25) is 9.69 Å². The van der Waals surface area contributed by atoms with Crippen LogP contribution < -0.4 is 5.73 Å². The van der Waals surface area contributed by atoms with E-state index in [1.807, 2.05) is 13.8 Å². The molecule has 1 aliphatic heterocycles. The average Bonchev–Trinajstić information content (AvgIpc) is 2.28. The SMILES string of the molecule is CCOC(=O)C(C)N1CCCC(CN)C1.Cl. The molecule has 0 aromatic carbocycles. The number of hydrogen-bond acceptors (Lipinski definition) is 4. The van der Waals surface area contributed by atoms with E-state index < -0.39 is 0 Å². The number of hydrogen-bond donors (Lipinski definition) is 1. The first-order chi connectivity index (χ1) is 7.19. The molecule has 2 unspecified atom stereocenters. The summed E-state index contributed by atoms with van der Waals surface area (Å²) in [6.45, 7) is 6.83. The second kappa shape index (κ2) is 7.87. The topological polar surface area (TPSA) is 55.6 Å². The molecule has 0 aliphatic carbocycles. The Kier molecular flexibility index (Phi) is 7.72. The maximum atomic E-state index is 11.5. The summed E-state index contributed by atoms with van der Waals surface area (Å²) in [5, 5.41) is 0. The second-order valence-corrected chi connectivity index (χ2v) is 4.17. The molecule has 0 aromatic heterocycles. The number of esters is 1. The molecule has 96 valence electrons. The van der Waals surface area contributed by atoms with Gasteiger partial charge in [-0.25, -0.2) is 0 Å². The quantitative estimate of drug-likeness (QED) is 0.758. The Morgan fingerprint density at radius 3 is 2.88 bits per heavy atom. The van der Waals surface area contributed by atoms with Crippen molar-refractivity contribution in [3.8, 4) is 0 Å². The Morgan fingerprint density at radius 2 is 2.31 bits per heavy atom. The van der Waals surface area contributed by atoms with Gasteiger partial charge in [0.15, 0.2) is 0 Å². The first-order valence-corrected chi connectivity index (χ1v) is 5.79. The maximum Gasteiger partial charge on any atom is 0.323 e. The van der Waals surface area contributed by atoms with E-state index >= 15 is 0 Å². The standard InChI is InChI=1S/C11H22N2O2.ClH/c1-3-15-11(14)9(2)13-6-4-5-10(7-12)8-13;/h9-10H,3-8,12H2,1-2H3;1H. The highest BCUT2D eigenvalue weighted by molar-refractivity contribution is 5.85. The zero-order valence-electron chi connectivity index (χ0n) is 10.1. The number of ether oxygens (including phenoxy) is 1. The van der Waals surface area contributed by atoms with Crippen molar-refractivity contribution in [3.05, 3.63) is 0 Å². The molecule has 1 rings (SSSR count). The number of carbonyl (C=O) groups excluding carboxylic acids is 1. The van der Waals surface area contributed by atoms with E-state index in [1.165, 1.54) is 6.42 Å². The lowest BCUT2D eigenvalue weighted by atomic mass is 9.97. The lowest BCUT2D eigenvalue weighted by Gasteiger charge is -2.35. The molecule has 1 fully saturated rings. The first-order valence-electron chi connectivity index (χ1n) is 5.79. The van der Waals surface area contributed by atoms with Crippen LogP contribution in [0, 0.1) is 5.92 Å². The van der Waals surface area contributed by atoms with Gasteiger partial charge in [-0.05, 0) is 45.7 Å². The predicted molar refractivity (Wildman–Crippen MR) is 66.7 cm³/mol. The minimum absolute atomic E-state index is 0. The number of halogens is 1. The molecular formula is C11H23ClN2O2. The Labute approximate surface area is 104 Å². The predicted octanol–water partition coefficient (Wildman–Crippen LogP) is 1.03. The fourth-order valence-electron chi connectivity index (χ4n) is 2.05. The van der Waals surface area contributed by atoms with Crippen molar-refractivity contribution in [1.29, 1.82) is 0 Å². The molecule has 0 aromatic rings. The van der Waals surface area contributed by atoms with Crippen LogP contribution in [0.1, 0.15) is 26.7 Å². The summed E-state index contributed by atoms with van der Waals surface area (Å²) in [5.41, 5.74) is 5.66. The van der Waals surface area contributed by atoms with Gasteiger partial charge >= 0.3 is 5.97 Å². The molecule has 1 heterocycles. The Hall–Kier alpha value is -0.320. The van der Waals surface area contributed by atoms with E-state index in [2.05, 4.69) is 4.90 Å². The van der Waals surface area contributed by atoms with E-state index in [0.717, 1.165) is 19.5 Å². The summed E-state index contributed by atoms with van der Waals surface area (Å²) in [7, 11) is 0. The van der Waals surface area contributed by atoms with Crippen molar-refractivity contribution >= 4 is 18.4 Å². The van der Waals surface area contributed by atoms with E-state index in [0.29, 0.717) is 19.1 Å². The monoisotopic (exact) mass is 250 g/mol. The Balaban J connectivity index is 0.00000225. The van der Waals surface area contributed by atoms with Crippen molar-refractivity contribution in [1.82, 2.24) is 4.90 Å².